The number of aryl methyl sites for hydroxylation is 1. The van der Waals surface area contributed by atoms with Crippen molar-refractivity contribution in [1.82, 2.24) is 24.3 Å². The Hall–Kier alpha value is -3.29. The molecule has 1 N–H and O–H groups in total. The second-order valence-corrected chi connectivity index (χ2v) is 10.9. The fraction of sp³-hybridized carbons (Fsp3) is 0.519. The van der Waals surface area contributed by atoms with E-state index in [0.29, 0.717) is 18.7 Å². The molecule has 8 heteroatoms. The largest absolute Gasteiger partial charge is 0.444 e. The van der Waals surface area contributed by atoms with E-state index in [2.05, 4.69) is 32.8 Å². The summed E-state index contributed by atoms with van der Waals surface area (Å²) in [6.07, 6.45) is 5.95. The Morgan fingerprint density at radius 1 is 1.17 bits per heavy atom. The molecule has 1 saturated carbocycles. The maximum Gasteiger partial charge on any atom is 0.407 e. The number of rotatable bonds is 5. The summed E-state index contributed by atoms with van der Waals surface area (Å²) in [5.41, 5.74) is 2.99. The van der Waals surface area contributed by atoms with Gasteiger partial charge in [-0.3, -0.25) is 4.79 Å². The summed E-state index contributed by atoms with van der Waals surface area (Å²) >= 11 is 0. The fourth-order valence-corrected chi connectivity index (χ4v) is 4.85. The first kappa shape index (κ1) is 23.5. The number of imidazole rings is 1. The number of carbonyl (C=O) groups excluding carboxylic acids is 2. The number of piperidine rings is 1. The standard InChI is InChI=1S/C27H35N5O3/c1-27(2,3)35-26(34)28-20-7-5-14-32(17-20)25(33)19-11-12-22-21(15-19)29-24(30(22)4)23-8-6-13-31(23)16-18-9-10-18/h6,8,11-13,15,18,20H,5,7,9-10,14,16-17H2,1-4H3,(H,28,34)/t20-/m1/s1. The number of fused-ring (bicyclic) bond motifs is 1. The van der Waals surface area contributed by atoms with E-state index in [9.17, 15) is 9.59 Å². The van der Waals surface area contributed by atoms with Crippen LogP contribution in [0.15, 0.2) is 36.5 Å². The van der Waals surface area contributed by atoms with Crippen LogP contribution in [0.4, 0.5) is 4.79 Å². The Balaban J connectivity index is 1.32. The van der Waals surface area contributed by atoms with Crippen LogP contribution < -0.4 is 5.32 Å². The number of likely N-dealkylation sites (tertiary alicyclic amines) is 1. The lowest BCUT2D eigenvalue weighted by atomic mass is 10.0. The molecule has 2 aliphatic rings. The third-order valence-corrected chi connectivity index (χ3v) is 6.77. The number of hydrogen-bond donors (Lipinski definition) is 1. The van der Waals surface area contributed by atoms with Gasteiger partial charge >= 0.3 is 6.09 Å². The topological polar surface area (TPSA) is 81.4 Å². The molecule has 1 aromatic carbocycles. The van der Waals surface area contributed by atoms with Gasteiger partial charge in [0.2, 0.25) is 0 Å². The Morgan fingerprint density at radius 2 is 1.97 bits per heavy atom. The van der Waals surface area contributed by atoms with Gasteiger partial charge in [-0.15, -0.1) is 0 Å². The molecule has 1 saturated heterocycles. The van der Waals surface area contributed by atoms with Crippen molar-refractivity contribution in [3.05, 3.63) is 42.1 Å². The fourth-order valence-electron chi connectivity index (χ4n) is 4.85. The zero-order valence-electron chi connectivity index (χ0n) is 21.1. The summed E-state index contributed by atoms with van der Waals surface area (Å²) in [5, 5.41) is 2.92. The highest BCUT2D eigenvalue weighted by Gasteiger charge is 2.28. The van der Waals surface area contributed by atoms with E-state index in [-0.39, 0.29) is 11.9 Å². The van der Waals surface area contributed by atoms with Crippen molar-refractivity contribution < 1.29 is 14.3 Å². The highest BCUT2D eigenvalue weighted by Crippen LogP contribution is 2.33. The molecule has 5 rings (SSSR count). The summed E-state index contributed by atoms with van der Waals surface area (Å²) in [6, 6.07) is 9.82. The zero-order valence-corrected chi connectivity index (χ0v) is 21.1. The van der Waals surface area contributed by atoms with E-state index in [0.717, 1.165) is 47.9 Å². The summed E-state index contributed by atoms with van der Waals surface area (Å²) in [5.74, 6) is 1.65. The molecule has 35 heavy (non-hydrogen) atoms. The van der Waals surface area contributed by atoms with E-state index in [1.54, 1.807) is 0 Å². The van der Waals surface area contributed by atoms with Gasteiger partial charge in [0.1, 0.15) is 5.60 Å². The van der Waals surface area contributed by atoms with Gasteiger partial charge < -0.3 is 24.1 Å². The lowest BCUT2D eigenvalue weighted by molar-refractivity contribution is 0.0452. The minimum absolute atomic E-state index is 0.0353. The van der Waals surface area contributed by atoms with Gasteiger partial charge in [0.15, 0.2) is 5.82 Å². The zero-order chi connectivity index (χ0) is 24.7. The molecule has 1 aliphatic heterocycles. The van der Waals surface area contributed by atoms with Gasteiger partial charge in [0.05, 0.1) is 16.7 Å². The predicted molar refractivity (Wildman–Crippen MR) is 135 cm³/mol. The summed E-state index contributed by atoms with van der Waals surface area (Å²) in [4.78, 5) is 32.3. The van der Waals surface area contributed by atoms with Crippen molar-refractivity contribution in [3.63, 3.8) is 0 Å². The highest BCUT2D eigenvalue weighted by atomic mass is 16.6. The van der Waals surface area contributed by atoms with Crippen LogP contribution >= 0.6 is 0 Å². The van der Waals surface area contributed by atoms with Gasteiger partial charge in [0.25, 0.3) is 5.91 Å². The Morgan fingerprint density at radius 3 is 2.71 bits per heavy atom. The second kappa shape index (κ2) is 9.06. The lowest BCUT2D eigenvalue weighted by Crippen LogP contribution is -2.50. The quantitative estimate of drug-likeness (QED) is 0.583. The van der Waals surface area contributed by atoms with Gasteiger partial charge in [-0.25, -0.2) is 9.78 Å². The van der Waals surface area contributed by atoms with Crippen LogP contribution in [0.2, 0.25) is 0 Å². The number of benzene rings is 1. The maximum absolute atomic E-state index is 13.3. The van der Waals surface area contributed by atoms with E-state index < -0.39 is 11.7 Å². The number of hydrogen-bond acceptors (Lipinski definition) is 4. The molecule has 8 nitrogen and oxygen atoms in total. The molecule has 186 valence electrons. The third kappa shape index (κ3) is 5.21. The van der Waals surface area contributed by atoms with E-state index in [1.165, 1.54) is 12.8 Å². The minimum atomic E-state index is -0.551. The molecule has 0 bridgehead atoms. The van der Waals surface area contributed by atoms with Gasteiger partial charge in [-0.05, 0) is 82.7 Å². The van der Waals surface area contributed by atoms with Crippen molar-refractivity contribution >= 4 is 23.0 Å². The number of amides is 2. The summed E-state index contributed by atoms with van der Waals surface area (Å²) in [7, 11) is 2.03. The predicted octanol–water partition coefficient (Wildman–Crippen LogP) is 4.58. The van der Waals surface area contributed by atoms with Crippen LogP contribution in [-0.4, -0.2) is 55.8 Å². The smallest absolute Gasteiger partial charge is 0.407 e. The molecule has 1 aliphatic carbocycles. The minimum Gasteiger partial charge on any atom is -0.444 e. The van der Waals surface area contributed by atoms with Crippen molar-refractivity contribution in [3.8, 4) is 11.5 Å². The van der Waals surface area contributed by atoms with Crippen molar-refractivity contribution in [2.75, 3.05) is 13.1 Å². The number of alkyl carbamates (subject to hydrolysis) is 1. The van der Waals surface area contributed by atoms with Crippen molar-refractivity contribution in [2.24, 2.45) is 13.0 Å². The van der Waals surface area contributed by atoms with Gasteiger partial charge in [0, 0.05) is 44.5 Å². The molecular formula is C27H35N5O3. The van der Waals surface area contributed by atoms with Gasteiger partial charge in [-0.1, -0.05) is 0 Å². The van der Waals surface area contributed by atoms with Crippen molar-refractivity contribution in [1.29, 1.82) is 0 Å². The monoisotopic (exact) mass is 477 g/mol. The maximum atomic E-state index is 13.3. The van der Waals surface area contributed by atoms with Crippen molar-refractivity contribution in [2.45, 2.75) is 64.6 Å². The van der Waals surface area contributed by atoms with E-state index >= 15 is 0 Å². The average molecular weight is 478 g/mol. The van der Waals surface area contributed by atoms with Crippen LogP contribution in [0.3, 0.4) is 0 Å². The summed E-state index contributed by atoms with van der Waals surface area (Å²) < 4.78 is 9.77. The van der Waals surface area contributed by atoms with Crippen LogP contribution in [0.5, 0.6) is 0 Å². The Bertz CT molecular complexity index is 1250. The second-order valence-electron chi connectivity index (χ2n) is 10.9. The number of carbonyl (C=O) groups is 2. The lowest BCUT2D eigenvalue weighted by Gasteiger charge is -2.33. The molecule has 1 atom stereocenters. The third-order valence-electron chi connectivity index (χ3n) is 6.77. The molecular weight excluding hydrogens is 442 g/mol. The molecule has 2 fully saturated rings. The normalized spacial score (nSPS) is 18.6. The molecule has 3 heterocycles. The molecule has 0 radical (unpaired) electrons. The SMILES string of the molecule is Cn1c(-c2cccn2CC2CC2)nc2cc(C(=O)N3CCC[C@@H](NC(=O)OC(C)(C)C)C3)ccc21. The molecule has 2 aromatic heterocycles. The number of nitrogens with zero attached hydrogens (tertiary/aromatic N) is 4. The molecule has 0 unspecified atom stereocenters. The van der Waals surface area contributed by atoms with E-state index in [1.807, 2.05) is 50.9 Å². The average Bonchev–Trinajstić information content (AvgIpc) is 3.40. The van der Waals surface area contributed by atoms with Crippen LogP contribution in [-0.2, 0) is 18.3 Å². The van der Waals surface area contributed by atoms with Crippen LogP contribution in [0, 0.1) is 5.92 Å². The number of ether oxygens (including phenoxy) is 1. The van der Waals surface area contributed by atoms with E-state index in [4.69, 9.17) is 9.72 Å². The first-order valence-electron chi connectivity index (χ1n) is 12.6. The van der Waals surface area contributed by atoms with Crippen LogP contribution in [0.1, 0.15) is 56.8 Å². The number of aromatic nitrogens is 3. The molecule has 3 aromatic rings. The first-order chi connectivity index (χ1) is 16.7. The van der Waals surface area contributed by atoms with Gasteiger partial charge in [-0.2, -0.15) is 0 Å². The van der Waals surface area contributed by atoms with Crippen LogP contribution in [0.25, 0.3) is 22.6 Å². The molecule has 0 spiro atoms. The number of nitrogens with one attached hydrogen (secondary N) is 1. The first-order valence-corrected chi connectivity index (χ1v) is 12.6. The highest BCUT2D eigenvalue weighted by molar-refractivity contribution is 5.98. The summed E-state index contributed by atoms with van der Waals surface area (Å²) in [6.45, 7) is 7.69. The Kier molecular flexibility index (Phi) is 6.07. The molecule has 2 amide bonds. The Labute approximate surface area is 206 Å².